The van der Waals surface area contributed by atoms with Crippen LogP contribution in [-0.4, -0.2) is 99.5 Å². The van der Waals surface area contributed by atoms with Crippen molar-refractivity contribution in [3.63, 3.8) is 0 Å². The van der Waals surface area contributed by atoms with Gasteiger partial charge < -0.3 is 25.0 Å². The molecule has 5 heterocycles. The van der Waals surface area contributed by atoms with Gasteiger partial charge in [-0.15, -0.1) is 11.3 Å². The number of amides is 2. The number of anilines is 1. The molecule has 2 saturated heterocycles. The van der Waals surface area contributed by atoms with Crippen molar-refractivity contribution in [2.45, 2.75) is 12.1 Å². The van der Waals surface area contributed by atoms with E-state index in [-0.39, 0.29) is 28.5 Å². The number of imidazole rings is 1. The second-order valence-corrected chi connectivity index (χ2v) is 12.3. The van der Waals surface area contributed by atoms with Crippen molar-refractivity contribution in [2.75, 3.05) is 44.7 Å². The van der Waals surface area contributed by atoms with Crippen molar-refractivity contribution in [3.8, 4) is 0 Å². The lowest BCUT2D eigenvalue weighted by Gasteiger charge is -2.38. The number of urea groups is 1. The number of aromatic amines is 1. The molecule has 0 spiro atoms. The van der Waals surface area contributed by atoms with Gasteiger partial charge in [-0.25, -0.2) is 28.7 Å². The molecule has 13 nitrogen and oxygen atoms in total. The number of aromatic carboxylic acids is 1. The number of carbonyl (C=O) groups is 3. The number of carbonyl (C=O) groups excluding carboxylic acids is 2. The Bertz CT molecular complexity index is 1950. The van der Waals surface area contributed by atoms with Gasteiger partial charge in [-0.3, -0.25) is 14.8 Å². The van der Waals surface area contributed by atoms with Crippen LogP contribution in [0.4, 0.5) is 14.9 Å². The maximum atomic E-state index is 14.0. The molecule has 0 aliphatic carbocycles. The fraction of sp³-hybridized carbons (Fsp3) is 0.267. The Morgan fingerprint density at radius 3 is 2.78 bits per heavy atom. The van der Waals surface area contributed by atoms with E-state index in [1.807, 2.05) is 10.3 Å². The Morgan fingerprint density at radius 1 is 1.20 bits per heavy atom. The van der Waals surface area contributed by atoms with Gasteiger partial charge >= 0.3 is 18.0 Å². The number of ether oxygens (including phenoxy) is 1. The zero-order valence-electron chi connectivity index (χ0n) is 24.2. The molecule has 2 aromatic heterocycles. The first-order valence-electron chi connectivity index (χ1n) is 14.2. The van der Waals surface area contributed by atoms with Crippen molar-refractivity contribution in [1.29, 1.82) is 0 Å². The zero-order valence-corrected chi connectivity index (χ0v) is 25.8. The number of carboxylic acid groups (broad SMARTS) is 1. The quantitative estimate of drug-likeness (QED) is 0.251. The number of aliphatic imine (C=N–C) groups is 1. The number of rotatable bonds is 7. The number of halogens is 2. The molecular weight excluding hydrogens is 639 g/mol. The zero-order chi connectivity index (χ0) is 32.1. The minimum absolute atomic E-state index is 0.125. The first-order valence-corrected chi connectivity index (χ1v) is 15.5. The predicted octanol–water partition coefficient (Wildman–Crippen LogP) is 3.65. The van der Waals surface area contributed by atoms with Crippen LogP contribution in [0.1, 0.15) is 27.2 Å². The summed E-state index contributed by atoms with van der Waals surface area (Å²) in [5.41, 5.74) is 2.87. The summed E-state index contributed by atoms with van der Waals surface area (Å²) in [4.78, 5) is 59.8. The second kappa shape index (κ2) is 11.8. The number of nitrogens with zero attached hydrogens (tertiary/aromatic N) is 6. The number of benzene rings is 2. The number of amidine groups is 1. The molecule has 2 fully saturated rings. The van der Waals surface area contributed by atoms with Gasteiger partial charge in [0.1, 0.15) is 11.9 Å². The van der Waals surface area contributed by atoms with Crippen LogP contribution >= 0.6 is 22.9 Å². The predicted molar refractivity (Wildman–Crippen MR) is 168 cm³/mol. The summed E-state index contributed by atoms with van der Waals surface area (Å²) in [7, 11) is 1.29. The van der Waals surface area contributed by atoms with Gasteiger partial charge in [-0.05, 0) is 30.3 Å². The minimum atomic E-state index is -1.16. The van der Waals surface area contributed by atoms with E-state index >= 15 is 0 Å². The van der Waals surface area contributed by atoms with Gasteiger partial charge in [-0.2, -0.15) is 0 Å². The highest BCUT2D eigenvalue weighted by Crippen LogP contribution is 2.37. The van der Waals surface area contributed by atoms with Crippen LogP contribution in [-0.2, 0) is 9.53 Å². The standard InChI is InChI=1S/C30H26ClFN8O5S/c1-45-29(43)23-22(36-25(27-33-6-9-46-27)37-24(23)18-4-2-15(32)10-19(18)31)14-38-7-8-39-17(12-38)13-40(30(39)44)16-3-5-20-21(11-16)35-26(34-20)28(41)42/h2-6,9-11,17,24H,7-8,12-14H2,1H3,(H,34,35)(H,36,37)(H,41,42)/t17-,24-/m0/s1. The number of thiazole rings is 1. The molecule has 0 unspecified atom stereocenters. The van der Waals surface area contributed by atoms with Gasteiger partial charge in [0.25, 0.3) is 0 Å². The van der Waals surface area contributed by atoms with Crippen LogP contribution in [0.2, 0.25) is 5.02 Å². The topological polar surface area (TPSA) is 156 Å². The molecule has 16 heteroatoms. The third-order valence-electron chi connectivity index (χ3n) is 8.22. The van der Waals surface area contributed by atoms with Gasteiger partial charge in [0, 0.05) is 66.3 Å². The number of aromatic nitrogens is 3. The Kier molecular flexibility index (Phi) is 7.66. The Labute approximate surface area is 270 Å². The van der Waals surface area contributed by atoms with Crippen LogP contribution < -0.4 is 10.2 Å². The van der Waals surface area contributed by atoms with E-state index < -0.39 is 23.8 Å². The van der Waals surface area contributed by atoms with E-state index in [4.69, 9.17) is 21.3 Å². The van der Waals surface area contributed by atoms with Gasteiger partial charge in [0.05, 0.1) is 29.8 Å². The smallest absolute Gasteiger partial charge is 0.371 e. The highest BCUT2D eigenvalue weighted by atomic mass is 35.5. The van der Waals surface area contributed by atoms with Gasteiger partial charge in [-0.1, -0.05) is 17.7 Å². The summed E-state index contributed by atoms with van der Waals surface area (Å²) in [6.07, 6.45) is 1.65. The number of nitrogens with one attached hydrogen (secondary N) is 2. The molecule has 2 amide bonds. The lowest BCUT2D eigenvalue weighted by molar-refractivity contribution is -0.136. The monoisotopic (exact) mass is 664 g/mol. The third kappa shape index (κ3) is 5.35. The van der Waals surface area contributed by atoms with Crippen LogP contribution in [0.25, 0.3) is 11.0 Å². The van der Waals surface area contributed by atoms with Crippen LogP contribution in [0.3, 0.4) is 0 Å². The summed E-state index contributed by atoms with van der Waals surface area (Å²) < 4.78 is 19.2. The summed E-state index contributed by atoms with van der Waals surface area (Å²) in [5, 5.41) is 15.1. The van der Waals surface area contributed by atoms with Crippen molar-refractivity contribution in [3.05, 3.63) is 86.5 Å². The number of fused-ring (bicyclic) bond motifs is 2. The first-order chi connectivity index (χ1) is 22.2. The highest BCUT2D eigenvalue weighted by molar-refractivity contribution is 7.11. The van der Waals surface area contributed by atoms with Gasteiger partial charge in [0.15, 0.2) is 10.8 Å². The largest absolute Gasteiger partial charge is 0.475 e. The molecule has 236 valence electrons. The van der Waals surface area contributed by atoms with Crippen LogP contribution in [0.5, 0.6) is 0 Å². The molecule has 2 aromatic carbocycles. The summed E-state index contributed by atoms with van der Waals surface area (Å²) in [6, 6.07) is 7.97. The number of methoxy groups -OCH3 is 1. The molecule has 0 radical (unpaired) electrons. The molecule has 2 atom stereocenters. The second-order valence-electron chi connectivity index (χ2n) is 11.0. The van der Waals surface area contributed by atoms with E-state index in [2.05, 4.69) is 25.2 Å². The summed E-state index contributed by atoms with van der Waals surface area (Å²) in [5.74, 6) is -2.00. The molecule has 7 rings (SSSR count). The van der Waals surface area contributed by atoms with E-state index in [9.17, 15) is 23.9 Å². The molecule has 0 bridgehead atoms. The summed E-state index contributed by atoms with van der Waals surface area (Å²) in [6.45, 7) is 2.21. The fourth-order valence-corrected chi connectivity index (χ4v) is 6.94. The van der Waals surface area contributed by atoms with E-state index in [1.54, 1.807) is 29.3 Å². The van der Waals surface area contributed by atoms with E-state index in [0.29, 0.717) is 71.5 Å². The maximum absolute atomic E-state index is 14.0. The van der Waals surface area contributed by atoms with Crippen LogP contribution in [0, 0.1) is 5.82 Å². The Hall–Kier alpha value is -4.86. The number of hydrogen-bond donors (Lipinski definition) is 3. The molecule has 3 aliphatic heterocycles. The number of esters is 1. The average Bonchev–Trinajstić information content (AvgIpc) is 3.79. The maximum Gasteiger partial charge on any atom is 0.371 e. The average molecular weight is 665 g/mol. The molecule has 46 heavy (non-hydrogen) atoms. The molecule has 4 aromatic rings. The Balaban J connectivity index is 1.16. The van der Waals surface area contributed by atoms with Crippen molar-refractivity contribution >= 4 is 63.5 Å². The molecular formula is C30H26ClFN8O5S. The Morgan fingerprint density at radius 2 is 2.04 bits per heavy atom. The normalized spacial score (nSPS) is 20.2. The lowest BCUT2D eigenvalue weighted by Crippen LogP contribution is -2.53. The molecule has 3 aliphatic rings. The van der Waals surface area contributed by atoms with E-state index in [0.717, 1.165) is 0 Å². The lowest BCUT2D eigenvalue weighted by atomic mass is 9.95. The summed E-state index contributed by atoms with van der Waals surface area (Å²) >= 11 is 7.85. The third-order valence-corrected chi connectivity index (χ3v) is 9.33. The highest BCUT2D eigenvalue weighted by Gasteiger charge is 2.42. The van der Waals surface area contributed by atoms with Crippen molar-refractivity contribution < 1.29 is 28.6 Å². The van der Waals surface area contributed by atoms with Crippen molar-refractivity contribution in [1.82, 2.24) is 30.1 Å². The molecule has 0 saturated carbocycles. The first kappa shape index (κ1) is 29.8. The molecule has 3 N–H and O–H groups in total. The van der Waals surface area contributed by atoms with E-state index in [1.165, 1.54) is 36.6 Å². The minimum Gasteiger partial charge on any atom is -0.475 e. The number of carboxylic acids is 1. The van der Waals surface area contributed by atoms with Crippen LogP contribution in [0.15, 0.2) is 64.2 Å². The van der Waals surface area contributed by atoms with Crippen molar-refractivity contribution in [2.24, 2.45) is 4.99 Å². The fourth-order valence-electron chi connectivity index (χ4n) is 6.09. The SMILES string of the molecule is COC(=O)C1=C(CN2CCN3C(=O)N(c4ccc5[nH]c(C(=O)O)nc5c4)C[C@@H]3C2)NC(c2nccs2)=N[C@H]1c1ccc(F)cc1Cl. The number of piperazine rings is 1. The number of H-pyrrole nitrogens is 1. The van der Waals surface area contributed by atoms with Gasteiger partial charge in [0.2, 0.25) is 5.82 Å². The number of hydrogen-bond acceptors (Lipinski definition) is 10.